The number of unbranched alkanes of at least 4 members (excludes halogenated alkanes) is 1. The fourth-order valence-electron chi connectivity index (χ4n) is 4.70. The molecule has 4 rings (SSSR count). The van der Waals surface area contributed by atoms with Gasteiger partial charge in [-0.15, -0.1) is 0 Å². The Bertz CT molecular complexity index is 1290. The zero-order chi connectivity index (χ0) is 27.3. The predicted octanol–water partition coefficient (Wildman–Crippen LogP) is 6.53. The molecule has 0 saturated heterocycles. The number of aryl methyl sites for hydroxylation is 2. The molecule has 7 nitrogen and oxygen atoms in total. The zero-order valence-electron chi connectivity index (χ0n) is 21.4. The summed E-state index contributed by atoms with van der Waals surface area (Å²) >= 11 is 5.97. The van der Waals surface area contributed by atoms with E-state index in [0.717, 1.165) is 42.7 Å². The van der Waals surface area contributed by atoms with Gasteiger partial charge in [0, 0.05) is 18.5 Å². The van der Waals surface area contributed by atoms with Crippen LogP contribution >= 0.6 is 11.6 Å². The summed E-state index contributed by atoms with van der Waals surface area (Å²) in [5, 5.41) is 3.04. The van der Waals surface area contributed by atoms with Crippen molar-refractivity contribution in [3.8, 4) is 0 Å². The van der Waals surface area contributed by atoms with Crippen LogP contribution < -0.4 is 5.32 Å². The Kier molecular flexibility index (Phi) is 8.60. The number of alkyl halides is 3. The van der Waals surface area contributed by atoms with E-state index in [2.05, 4.69) is 39.3 Å². The summed E-state index contributed by atoms with van der Waals surface area (Å²) in [5.41, 5.74) is 1.85. The van der Waals surface area contributed by atoms with Crippen LogP contribution in [-0.4, -0.2) is 38.8 Å². The Balaban J connectivity index is 1.26. The number of carbonyl (C=O) groups excluding carboxylic acids is 1. The minimum absolute atomic E-state index is 0.176. The number of nitrogens with zero attached hydrogens (tertiary/aromatic N) is 4. The number of allylic oxidation sites excluding steroid dienone is 1. The van der Waals surface area contributed by atoms with Crippen LogP contribution in [0.3, 0.4) is 0 Å². The maximum absolute atomic E-state index is 12.9. The van der Waals surface area contributed by atoms with Crippen molar-refractivity contribution in [2.75, 3.05) is 13.2 Å². The molecule has 1 N–H and O–H groups in total. The standard InChI is InChI=1S/C27H31ClF3N5O2/c1-18-9-11-26(12-10-18,15-20-5-7-21(8-6-20)27(29,30)31)16-32-25(37)38-14-4-3-13-36-17-33-22-19(2)34-24(28)35-23(22)36/h5-9,11,17-18H,3-4,10,12-16H2,1-2H3,(H,32,37)/t18?,26-/m1/s1. The lowest BCUT2D eigenvalue weighted by Crippen LogP contribution is -2.39. The highest BCUT2D eigenvalue weighted by atomic mass is 35.5. The zero-order valence-corrected chi connectivity index (χ0v) is 22.1. The van der Waals surface area contributed by atoms with E-state index >= 15 is 0 Å². The Morgan fingerprint density at radius 3 is 2.68 bits per heavy atom. The van der Waals surface area contributed by atoms with Crippen molar-refractivity contribution >= 4 is 28.9 Å². The SMILES string of the molecule is Cc1nc(Cl)nc2c1ncn2CCCCOC(=O)NC[C@]1(Cc2ccc(C(F)(F)F)cc2)C=CC(C)CC1. The minimum Gasteiger partial charge on any atom is -0.450 e. The molecule has 11 heteroatoms. The van der Waals surface area contributed by atoms with E-state index in [9.17, 15) is 18.0 Å². The lowest BCUT2D eigenvalue weighted by atomic mass is 9.72. The molecule has 1 aliphatic rings. The van der Waals surface area contributed by atoms with Crippen LogP contribution in [0.2, 0.25) is 5.28 Å². The molecule has 2 heterocycles. The average molecular weight is 550 g/mol. The van der Waals surface area contributed by atoms with Gasteiger partial charge in [-0.05, 0) is 74.2 Å². The van der Waals surface area contributed by atoms with Crippen molar-refractivity contribution in [3.05, 3.63) is 64.8 Å². The molecule has 0 spiro atoms. The number of nitrogens with one attached hydrogen (secondary N) is 1. The average Bonchev–Trinajstić information content (AvgIpc) is 3.27. The number of halogens is 4. The molecule has 0 aliphatic heterocycles. The maximum Gasteiger partial charge on any atom is 0.416 e. The van der Waals surface area contributed by atoms with Crippen LogP contribution in [0.5, 0.6) is 0 Å². The van der Waals surface area contributed by atoms with E-state index in [-0.39, 0.29) is 17.3 Å². The van der Waals surface area contributed by atoms with Gasteiger partial charge in [-0.25, -0.2) is 14.8 Å². The van der Waals surface area contributed by atoms with Gasteiger partial charge in [-0.2, -0.15) is 18.2 Å². The molecule has 1 amide bonds. The fourth-order valence-corrected chi connectivity index (χ4v) is 4.91. The van der Waals surface area contributed by atoms with Crippen molar-refractivity contribution in [1.29, 1.82) is 0 Å². The summed E-state index contributed by atoms with van der Waals surface area (Å²) in [5.74, 6) is 0.418. The second-order valence-corrected chi connectivity index (χ2v) is 10.3. The lowest BCUT2D eigenvalue weighted by molar-refractivity contribution is -0.137. The van der Waals surface area contributed by atoms with Gasteiger partial charge >= 0.3 is 12.3 Å². The molecule has 1 aliphatic carbocycles. The number of alkyl carbamates (subject to hydrolysis) is 1. The first-order chi connectivity index (χ1) is 18.0. The van der Waals surface area contributed by atoms with Crippen molar-refractivity contribution in [3.63, 3.8) is 0 Å². The topological polar surface area (TPSA) is 81.9 Å². The molecule has 0 saturated carbocycles. The van der Waals surface area contributed by atoms with Gasteiger partial charge in [0.05, 0.1) is 24.2 Å². The van der Waals surface area contributed by atoms with Gasteiger partial charge in [0.2, 0.25) is 5.28 Å². The molecule has 2 atom stereocenters. The van der Waals surface area contributed by atoms with E-state index in [0.29, 0.717) is 43.0 Å². The molecular weight excluding hydrogens is 519 g/mol. The number of imidazole rings is 1. The summed E-state index contributed by atoms with van der Waals surface area (Å²) in [6.45, 7) is 5.20. The van der Waals surface area contributed by atoms with Crippen molar-refractivity contribution < 1.29 is 22.7 Å². The Morgan fingerprint density at radius 2 is 2.00 bits per heavy atom. The quantitative estimate of drug-likeness (QED) is 0.186. The first kappa shape index (κ1) is 27.9. The van der Waals surface area contributed by atoms with E-state index in [1.54, 1.807) is 6.33 Å². The molecule has 0 radical (unpaired) electrons. The van der Waals surface area contributed by atoms with Crippen LogP contribution in [-0.2, 0) is 23.9 Å². The molecule has 3 aromatic rings. The second-order valence-electron chi connectivity index (χ2n) is 9.99. The number of amides is 1. The van der Waals surface area contributed by atoms with E-state index in [1.165, 1.54) is 12.1 Å². The molecule has 38 heavy (non-hydrogen) atoms. The number of aromatic nitrogens is 4. The third-order valence-electron chi connectivity index (χ3n) is 6.94. The lowest BCUT2D eigenvalue weighted by Gasteiger charge is -2.35. The van der Waals surface area contributed by atoms with Gasteiger partial charge in [0.1, 0.15) is 5.52 Å². The molecule has 204 valence electrons. The first-order valence-electron chi connectivity index (χ1n) is 12.7. The van der Waals surface area contributed by atoms with E-state index in [1.807, 2.05) is 11.5 Å². The van der Waals surface area contributed by atoms with E-state index in [4.69, 9.17) is 16.3 Å². The van der Waals surface area contributed by atoms with Gasteiger partial charge in [0.15, 0.2) is 5.65 Å². The van der Waals surface area contributed by atoms with E-state index < -0.39 is 17.8 Å². The number of hydrogen-bond acceptors (Lipinski definition) is 5. The van der Waals surface area contributed by atoms with Gasteiger partial charge in [-0.1, -0.05) is 31.2 Å². The molecular formula is C27H31ClF3N5O2. The third kappa shape index (κ3) is 7.03. The molecule has 2 aromatic heterocycles. The van der Waals surface area contributed by atoms with Crippen LogP contribution in [0, 0.1) is 18.3 Å². The van der Waals surface area contributed by atoms with Gasteiger partial charge < -0.3 is 14.6 Å². The number of fused-ring (bicyclic) bond motifs is 1. The molecule has 0 fully saturated rings. The monoisotopic (exact) mass is 549 g/mol. The predicted molar refractivity (Wildman–Crippen MR) is 139 cm³/mol. The van der Waals surface area contributed by atoms with Crippen LogP contribution in [0.4, 0.5) is 18.0 Å². The second kappa shape index (κ2) is 11.7. The molecule has 1 aromatic carbocycles. The van der Waals surface area contributed by atoms with Crippen LogP contribution in [0.25, 0.3) is 11.2 Å². The van der Waals surface area contributed by atoms with Crippen molar-refractivity contribution in [2.24, 2.45) is 11.3 Å². The number of hydrogen-bond donors (Lipinski definition) is 1. The summed E-state index contributed by atoms with van der Waals surface area (Å²) in [6, 6.07) is 5.24. The number of ether oxygens (including phenoxy) is 1. The smallest absolute Gasteiger partial charge is 0.416 e. The Morgan fingerprint density at radius 1 is 1.24 bits per heavy atom. The van der Waals surface area contributed by atoms with Crippen molar-refractivity contribution in [1.82, 2.24) is 24.8 Å². The normalized spacial score (nSPS) is 19.6. The Hall–Kier alpha value is -3.14. The minimum atomic E-state index is -4.37. The highest BCUT2D eigenvalue weighted by Crippen LogP contribution is 2.37. The van der Waals surface area contributed by atoms with Crippen LogP contribution in [0.15, 0.2) is 42.7 Å². The summed E-state index contributed by atoms with van der Waals surface area (Å²) in [6.07, 6.45) is 4.71. The van der Waals surface area contributed by atoms with Gasteiger partial charge in [0.25, 0.3) is 0 Å². The fraction of sp³-hybridized carbons (Fsp3) is 0.481. The number of benzene rings is 1. The Labute approximate surface area is 224 Å². The largest absolute Gasteiger partial charge is 0.450 e. The highest BCUT2D eigenvalue weighted by molar-refractivity contribution is 6.28. The summed E-state index contributed by atoms with van der Waals surface area (Å²) in [7, 11) is 0. The molecule has 1 unspecified atom stereocenters. The third-order valence-corrected chi connectivity index (χ3v) is 7.10. The summed E-state index contributed by atoms with van der Waals surface area (Å²) < 4.78 is 46.1. The van der Waals surface area contributed by atoms with Gasteiger partial charge in [-0.3, -0.25) is 0 Å². The van der Waals surface area contributed by atoms with Crippen LogP contribution in [0.1, 0.15) is 49.4 Å². The molecule has 0 bridgehead atoms. The van der Waals surface area contributed by atoms with Crippen molar-refractivity contribution in [2.45, 2.75) is 58.7 Å². The maximum atomic E-state index is 12.9. The number of rotatable bonds is 9. The number of carbonyl (C=O) groups is 1. The first-order valence-corrected chi connectivity index (χ1v) is 13.0. The highest BCUT2D eigenvalue weighted by Gasteiger charge is 2.33. The summed E-state index contributed by atoms with van der Waals surface area (Å²) in [4.78, 5) is 25.1.